The lowest BCUT2D eigenvalue weighted by Crippen LogP contribution is -2.18. The van der Waals surface area contributed by atoms with Gasteiger partial charge in [-0.3, -0.25) is 9.36 Å². The summed E-state index contributed by atoms with van der Waals surface area (Å²) >= 11 is 12.0. The number of nitriles is 1. The maximum absolute atomic E-state index is 12.5. The molecule has 0 aliphatic carbocycles. The number of halogens is 2. The molecule has 1 aromatic heterocycles. The highest BCUT2D eigenvalue weighted by atomic mass is 35.5. The second-order valence-electron chi connectivity index (χ2n) is 5.26. The summed E-state index contributed by atoms with van der Waals surface area (Å²) in [7, 11) is 0. The van der Waals surface area contributed by atoms with Gasteiger partial charge in [0.25, 0.3) is 5.91 Å². The predicted molar refractivity (Wildman–Crippen MR) is 94.0 cm³/mol. The lowest BCUT2D eigenvalue weighted by Gasteiger charge is -2.11. The van der Waals surface area contributed by atoms with E-state index in [4.69, 9.17) is 27.9 Å². The third-order valence-corrected chi connectivity index (χ3v) is 4.13. The maximum Gasteiger partial charge on any atom is 0.269 e. The van der Waals surface area contributed by atoms with Gasteiger partial charge in [0.2, 0.25) is 0 Å². The van der Waals surface area contributed by atoms with Crippen LogP contribution in [0.1, 0.15) is 15.9 Å². The molecular formula is C18H12Cl2N2O2. The first-order valence-corrected chi connectivity index (χ1v) is 7.88. The third kappa shape index (κ3) is 2.96. The van der Waals surface area contributed by atoms with Crippen molar-refractivity contribution in [1.82, 2.24) is 4.57 Å². The first-order chi connectivity index (χ1) is 11.5. The van der Waals surface area contributed by atoms with Gasteiger partial charge < -0.3 is 4.74 Å². The summed E-state index contributed by atoms with van der Waals surface area (Å²) in [4.78, 5) is 12.5. The fourth-order valence-corrected chi connectivity index (χ4v) is 3.20. The zero-order chi connectivity index (χ0) is 17.3. The van der Waals surface area contributed by atoms with Gasteiger partial charge in [0.15, 0.2) is 6.61 Å². The SMILES string of the molecule is Cc1cc(Cl)cc(Cl)c1OCC(=O)n1cc(C#N)c2ccccc21. The Labute approximate surface area is 148 Å². The Balaban J connectivity index is 1.88. The minimum Gasteiger partial charge on any atom is -0.482 e. The fourth-order valence-electron chi connectivity index (χ4n) is 2.55. The molecule has 24 heavy (non-hydrogen) atoms. The summed E-state index contributed by atoms with van der Waals surface area (Å²) in [5.41, 5.74) is 1.86. The summed E-state index contributed by atoms with van der Waals surface area (Å²) < 4.78 is 7.01. The van der Waals surface area contributed by atoms with Crippen LogP contribution in [-0.2, 0) is 0 Å². The molecule has 0 aliphatic rings. The second-order valence-corrected chi connectivity index (χ2v) is 6.10. The lowest BCUT2D eigenvalue weighted by atomic mass is 10.2. The molecule has 0 saturated heterocycles. The predicted octanol–water partition coefficient (Wildman–Crippen LogP) is 4.85. The highest BCUT2D eigenvalue weighted by Crippen LogP contribution is 2.32. The van der Waals surface area contributed by atoms with E-state index in [0.717, 1.165) is 10.9 Å². The summed E-state index contributed by atoms with van der Waals surface area (Å²) in [5, 5.41) is 10.8. The number of ether oxygens (including phenoxy) is 1. The van der Waals surface area contributed by atoms with Crippen LogP contribution in [0.15, 0.2) is 42.6 Å². The largest absolute Gasteiger partial charge is 0.482 e. The van der Waals surface area contributed by atoms with Crippen molar-refractivity contribution in [3.05, 3.63) is 63.8 Å². The molecule has 0 amide bonds. The van der Waals surface area contributed by atoms with Crippen molar-refractivity contribution in [2.24, 2.45) is 0 Å². The number of carbonyl (C=O) groups is 1. The quantitative estimate of drug-likeness (QED) is 0.672. The number of rotatable bonds is 3. The number of fused-ring (bicyclic) bond motifs is 1. The molecule has 0 aliphatic heterocycles. The standard InChI is InChI=1S/C18H12Cl2N2O2/c1-11-6-13(19)7-15(20)18(11)24-10-17(23)22-9-12(8-21)14-4-2-3-5-16(14)22/h2-7,9H,10H2,1H3. The van der Waals surface area contributed by atoms with Gasteiger partial charge in [0, 0.05) is 16.6 Å². The molecule has 0 spiro atoms. The summed E-state index contributed by atoms with van der Waals surface area (Å²) in [5.74, 6) is 0.129. The van der Waals surface area contributed by atoms with Gasteiger partial charge in [-0.25, -0.2) is 0 Å². The Morgan fingerprint density at radius 2 is 2.04 bits per heavy atom. The minimum atomic E-state index is -0.293. The average Bonchev–Trinajstić information content (AvgIpc) is 2.92. The van der Waals surface area contributed by atoms with Gasteiger partial charge in [-0.05, 0) is 30.7 Å². The van der Waals surface area contributed by atoms with Gasteiger partial charge in [-0.1, -0.05) is 41.4 Å². The van der Waals surface area contributed by atoms with Crippen molar-refractivity contribution in [2.75, 3.05) is 6.61 Å². The zero-order valence-corrected chi connectivity index (χ0v) is 14.2. The molecule has 3 aromatic rings. The van der Waals surface area contributed by atoms with Gasteiger partial charge in [0.1, 0.15) is 11.8 Å². The van der Waals surface area contributed by atoms with E-state index in [0.29, 0.717) is 26.9 Å². The number of aromatic nitrogens is 1. The van der Waals surface area contributed by atoms with Gasteiger partial charge in [-0.2, -0.15) is 5.26 Å². The van der Waals surface area contributed by atoms with E-state index in [1.165, 1.54) is 10.8 Å². The van der Waals surface area contributed by atoms with E-state index in [9.17, 15) is 10.1 Å². The molecule has 3 rings (SSSR count). The molecule has 4 nitrogen and oxygen atoms in total. The molecular weight excluding hydrogens is 347 g/mol. The molecule has 1 heterocycles. The number of carbonyl (C=O) groups excluding carboxylic acids is 1. The van der Waals surface area contributed by atoms with Crippen LogP contribution in [0.3, 0.4) is 0 Å². The summed E-state index contributed by atoms with van der Waals surface area (Å²) in [6.07, 6.45) is 1.52. The van der Waals surface area contributed by atoms with Crippen LogP contribution >= 0.6 is 23.2 Å². The smallest absolute Gasteiger partial charge is 0.269 e. The van der Waals surface area contributed by atoms with Crippen molar-refractivity contribution in [3.63, 3.8) is 0 Å². The maximum atomic E-state index is 12.5. The molecule has 120 valence electrons. The molecule has 0 fully saturated rings. The van der Waals surface area contributed by atoms with E-state index < -0.39 is 0 Å². The fraction of sp³-hybridized carbons (Fsp3) is 0.111. The van der Waals surface area contributed by atoms with Crippen molar-refractivity contribution >= 4 is 40.0 Å². The molecule has 0 bridgehead atoms. The van der Waals surface area contributed by atoms with Crippen LogP contribution in [0.4, 0.5) is 0 Å². The zero-order valence-electron chi connectivity index (χ0n) is 12.7. The summed E-state index contributed by atoms with van der Waals surface area (Å²) in [6.45, 7) is 1.60. The van der Waals surface area contributed by atoms with E-state index in [-0.39, 0.29) is 12.5 Å². The Bertz CT molecular complexity index is 963. The number of benzene rings is 2. The third-order valence-electron chi connectivity index (χ3n) is 3.64. The number of aryl methyl sites for hydroxylation is 1. The Morgan fingerprint density at radius 3 is 2.75 bits per heavy atom. The molecule has 2 aromatic carbocycles. The highest BCUT2D eigenvalue weighted by Gasteiger charge is 2.15. The van der Waals surface area contributed by atoms with Crippen molar-refractivity contribution < 1.29 is 9.53 Å². The first kappa shape index (κ1) is 16.4. The van der Waals surface area contributed by atoms with E-state index >= 15 is 0 Å². The van der Waals surface area contributed by atoms with Crippen LogP contribution in [0.25, 0.3) is 10.9 Å². The average molecular weight is 359 g/mol. The lowest BCUT2D eigenvalue weighted by molar-refractivity contribution is 0.0843. The number of hydrogen-bond acceptors (Lipinski definition) is 3. The first-order valence-electron chi connectivity index (χ1n) is 7.13. The molecule has 0 unspecified atom stereocenters. The number of nitrogens with zero attached hydrogens (tertiary/aromatic N) is 2. The van der Waals surface area contributed by atoms with E-state index in [1.54, 1.807) is 31.2 Å². The Kier molecular flexibility index (Phi) is 4.48. The minimum absolute atomic E-state index is 0.203. The van der Waals surface area contributed by atoms with E-state index in [2.05, 4.69) is 6.07 Å². The Morgan fingerprint density at radius 1 is 1.29 bits per heavy atom. The van der Waals surface area contributed by atoms with Gasteiger partial charge in [-0.15, -0.1) is 0 Å². The monoisotopic (exact) mass is 358 g/mol. The van der Waals surface area contributed by atoms with Crippen LogP contribution in [0.5, 0.6) is 5.75 Å². The Hall–Kier alpha value is -2.48. The molecule has 6 heteroatoms. The summed E-state index contributed by atoms with van der Waals surface area (Å²) in [6, 6.07) is 12.6. The van der Waals surface area contributed by atoms with Gasteiger partial charge in [0.05, 0.1) is 16.1 Å². The highest BCUT2D eigenvalue weighted by molar-refractivity contribution is 6.35. The molecule has 0 radical (unpaired) electrons. The van der Waals surface area contributed by atoms with Crippen molar-refractivity contribution in [2.45, 2.75) is 6.92 Å². The molecule has 0 N–H and O–H groups in total. The topological polar surface area (TPSA) is 55.0 Å². The van der Waals surface area contributed by atoms with Crippen LogP contribution in [0, 0.1) is 18.3 Å². The van der Waals surface area contributed by atoms with Crippen molar-refractivity contribution in [3.8, 4) is 11.8 Å². The van der Waals surface area contributed by atoms with E-state index in [1.807, 2.05) is 12.1 Å². The van der Waals surface area contributed by atoms with Crippen LogP contribution < -0.4 is 4.74 Å². The molecule has 0 atom stereocenters. The van der Waals surface area contributed by atoms with Gasteiger partial charge >= 0.3 is 0 Å². The van der Waals surface area contributed by atoms with Crippen molar-refractivity contribution in [1.29, 1.82) is 5.26 Å². The van der Waals surface area contributed by atoms with Crippen LogP contribution in [0.2, 0.25) is 10.0 Å². The second kappa shape index (κ2) is 6.56. The molecule has 0 saturated carbocycles. The number of hydrogen-bond donors (Lipinski definition) is 0. The normalized spacial score (nSPS) is 10.6. The number of para-hydroxylation sites is 1. The van der Waals surface area contributed by atoms with Crippen LogP contribution in [-0.4, -0.2) is 17.1 Å².